The molecule has 0 saturated carbocycles. The summed E-state index contributed by atoms with van der Waals surface area (Å²) in [4.78, 5) is 11.2. The van der Waals surface area contributed by atoms with E-state index in [-0.39, 0.29) is 5.75 Å². The number of benzene rings is 1. The third kappa shape index (κ3) is 4.91. The fourth-order valence-corrected chi connectivity index (χ4v) is 2.99. The summed E-state index contributed by atoms with van der Waals surface area (Å²) in [5, 5.41) is 0. The van der Waals surface area contributed by atoms with E-state index in [1.807, 2.05) is 0 Å². The monoisotopic (exact) mass is 291 g/mol. The molecule has 1 aromatic rings. The Kier molecular flexibility index (Phi) is 4.95. The molecule has 18 heavy (non-hydrogen) atoms. The maximum atomic E-state index is 11.7. The average molecular weight is 291 g/mol. The lowest BCUT2D eigenvalue weighted by molar-refractivity contribution is -0.120. The van der Waals surface area contributed by atoms with Crippen LogP contribution in [0.4, 0.5) is 0 Å². The first-order valence-electron chi connectivity index (χ1n) is 4.87. The van der Waals surface area contributed by atoms with Gasteiger partial charge in [-0.15, -0.1) is 0 Å². The molecule has 0 heterocycles. The molecule has 0 spiro atoms. The van der Waals surface area contributed by atoms with Gasteiger partial charge in [0, 0.05) is 6.92 Å². The Balaban J connectivity index is 2.82. The highest BCUT2D eigenvalue weighted by Gasteiger charge is 2.42. The highest BCUT2D eigenvalue weighted by Crippen LogP contribution is 2.33. The topological polar surface area (TPSA) is 86.7 Å². The zero-order valence-corrected chi connectivity index (χ0v) is 11.5. The second-order valence-corrected chi connectivity index (χ2v) is 6.28. The van der Waals surface area contributed by atoms with Crippen LogP contribution < -0.4 is 4.52 Å². The van der Waals surface area contributed by atoms with E-state index in [0.717, 1.165) is 13.2 Å². The summed E-state index contributed by atoms with van der Waals surface area (Å²) in [6.07, 6.45) is 0.772. The van der Waals surface area contributed by atoms with Gasteiger partial charge in [-0.25, -0.2) is 4.18 Å². The van der Waals surface area contributed by atoms with Crippen LogP contribution in [0, 0.1) is 0 Å². The summed E-state index contributed by atoms with van der Waals surface area (Å²) in [6, 6.07) is 8.10. The lowest BCUT2D eigenvalue weighted by atomic mass is 10.3. The van der Waals surface area contributed by atoms with Crippen molar-refractivity contribution < 1.29 is 26.5 Å². The maximum absolute atomic E-state index is 11.7. The minimum absolute atomic E-state index is 0.266. The second kappa shape index (κ2) is 6.04. The smallest absolute Gasteiger partial charge is 0.292 e. The molecule has 0 aliphatic rings. The van der Waals surface area contributed by atoms with Crippen LogP contribution in [0.3, 0.4) is 0 Å². The molecule has 0 bridgehead atoms. The molecule has 0 aromatic heterocycles. The zero-order valence-electron chi connectivity index (χ0n) is 9.77. The Morgan fingerprint density at radius 3 is 2.28 bits per heavy atom. The van der Waals surface area contributed by atoms with Gasteiger partial charge < -0.3 is 0 Å². The molecule has 6 nitrogen and oxygen atoms in total. The fraction of sp³-hybridized carbons (Fsp3) is 0.300. The Labute approximate surface area is 106 Å². The van der Waals surface area contributed by atoms with E-state index in [1.165, 1.54) is 12.1 Å². The fourth-order valence-electron chi connectivity index (χ4n) is 1.05. The molecule has 98 valence electrons. The summed E-state index contributed by atoms with van der Waals surface area (Å²) in [7, 11) is -6.52. The third-order valence-corrected chi connectivity index (χ3v) is 3.67. The van der Waals surface area contributed by atoms with Gasteiger partial charge in [0.15, 0.2) is 5.75 Å². The molecule has 0 fully saturated rings. The van der Waals surface area contributed by atoms with Crippen LogP contribution in [0.5, 0.6) is 5.75 Å². The highest BCUT2D eigenvalue weighted by atomic mass is 32.2. The van der Waals surface area contributed by atoms with Crippen molar-refractivity contribution in [1.82, 2.24) is 0 Å². The van der Waals surface area contributed by atoms with E-state index in [9.17, 15) is 17.8 Å². The van der Waals surface area contributed by atoms with Crippen molar-refractivity contribution in [2.24, 2.45) is 0 Å². The Morgan fingerprint density at radius 2 is 1.83 bits per heavy atom. The van der Waals surface area contributed by atoms with Crippen LogP contribution in [0.25, 0.3) is 0 Å². The number of carbonyl (C=O) groups is 1. The van der Waals surface area contributed by atoms with Gasteiger partial charge in [-0.05, 0) is 16.7 Å². The zero-order chi connectivity index (χ0) is 13.8. The van der Waals surface area contributed by atoms with Crippen LogP contribution in [0.15, 0.2) is 30.3 Å². The van der Waals surface area contributed by atoms with Crippen LogP contribution in [-0.2, 0) is 23.7 Å². The normalized spacial score (nSPS) is 13.8. The lowest BCUT2D eigenvalue weighted by Crippen LogP contribution is -2.22. The van der Waals surface area contributed by atoms with Gasteiger partial charge in [-0.1, -0.05) is 18.2 Å². The van der Waals surface area contributed by atoms with E-state index in [0.29, 0.717) is 0 Å². The predicted octanol–water partition coefficient (Wildman–Crippen LogP) is 1.70. The van der Waals surface area contributed by atoms with E-state index in [1.54, 1.807) is 18.2 Å². The predicted molar refractivity (Wildman–Crippen MR) is 65.1 cm³/mol. The lowest BCUT2D eigenvalue weighted by Gasteiger charge is -2.02. The first-order valence-corrected chi connectivity index (χ1v) is 7.94. The molecule has 8 heteroatoms. The van der Waals surface area contributed by atoms with Gasteiger partial charge in [0.05, 0.1) is 6.26 Å². The molecule has 0 radical (unpaired) electrons. The van der Waals surface area contributed by atoms with Crippen molar-refractivity contribution in [3.8, 4) is 5.75 Å². The van der Waals surface area contributed by atoms with Gasteiger partial charge in [-0.2, -0.15) is 8.42 Å². The number of hydrogen-bond donors (Lipinski definition) is 0. The number of para-hydroxylation sites is 1. The largest absolute Gasteiger partial charge is 0.598 e. The van der Waals surface area contributed by atoms with Gasteiger partial charge in [0.1, 0.15) is 0 Å². The van der Waals surface area contributed by atoms with Crippen molar-refractivity contribution in [1.29, 1.82) is 0 Å². The van der Waals surface area contributed by atoms with Gasteiger partial charge in [0.2, 0.25) is 5.78 Å². The minimum Gasteiger partial charge on any atom is -0.292 e. The van der Waals surface area contributed by atoms with Crippen molar-refractivity contribution >= 4 is 23.9 Å². The summed E-state index contributed by atoms with van der Waals surface area (Å²) in [6.45, 7) is 1.08. The standard InChI is InChI=1S/C10H12O6PS/c1-8(11)10(16-18(2,13)14)17(12)15-9-6-4-3-5-7-9/h3-7,10H,1-2H3/q+1. The number of Topliss-reactive ketones (excluding diaryl/α,β-unsaturated/α-hetero) is 1. The summed E-state index contributed by atoms with van der Waals surface area (Å²) < 4.78 is 43.1. The van der Waals surface area contributed by atoms with Gasteiger partial charge in [0.25, 0.3) is 10.1 Å². The quantitative estimate of drug-likeness (QED) is 0.585. The molecule has 0 N–H and O–H groups in total. The highest BCUT2D eigenvalue weighted by molar-refractivity contribution is 7.86. The van der Waals surface area contributed by atoms with Gasteiger partial charge in [-0.3, -0.25) is 9.32 Å². The SMILES string of the molecule is CC(=O)C(OS(C)(=O)=O)[P+](=O)Oc1ccccc1. The minimum atomic E-state index is -3.89. The molecule has 1 aromatic carbocycles. The third-order valence-electron chi connectivity index (χ3n) is 1.74. The summed E-state index contributed by atoms with van der Waals surface area (Å²) in [5.74, 6) is -2.05. The number of rotatable bonds is 6. The molecule has 2 unspecified atom stereocenters. The molecule has 1 rings (SSSR count). The van der Waals surface area contributed by atoms with E-state index >= 15 is 0 Å². The maximum Gasteiger partial charge on any atom is 0.598 e. The average Bonchev–Trinajstić information content (AvgIpc) is 2.25. The van der Waals surface area contributed by atoms with Gasteiger partial charge >= 0.3 is 13.9 Å². The van der Waals surface area contributed by atoms with Crippen molar-refractivity contribution in [3.05, 3.63) is 30.3 Å². The van der Waals surface area contributed by atoms with Crippen LogP contribution >= 0.6 is 8.03 Å². The van der Waals surface area contributed by atoms with Crippen LogP contribution in [0.1, 0.15) is 6.92 Å². The molecule has 0 amide bonds. The van der Waals surface area contributed by atoms with E-state index in [2.05, 4.69) is 4.18 Å². The Morgan fingerprint density at radius 1 is 1.28 bits per heavy atom. The second-order valence-electron chi connectivity index (χ2n) is 3.45. The number of ketones is 1. The molecule has 0 saturated heterocycles. The van der Waals surface area contributed by atoms with Crippen molar-refractivity contribution in [2.45, 2.75) is 12.8 Å². The molecule has 0 aliphatic heterocycles. The van der Waals surface area contributed by atoms with Crippen molar-refractivity contribution in [3.63, 3.8) is 0 Å². The van der Waals surface area contributed by atoms with Crippen LogP contribution in [-0.4, -0.2) is 26.3 Å². The summed E-state index contributed by atoms with van der Waals surface area (Å²) >= 11 is 0. The number of carbonyl (C=O) groups excluding carboxylic acids is 1. The molecular weight excluding hydrogens is 279 g/mol. The molecule has 0 aliphatic carbocycles. The summed E-state index contributed by atoms with van der Waals surface area (Å²) in [5.41, 5.74) is 0. The first kappa shape index (κ1) is 14.8. The van der Waals surface area contributed by atoms with E-state index < -0.39 is 29.8 Å². The first-order chi connectivity index (χ1) is 8.29. The molecular formula is C10H12O6PS+. The van der Waals surface area contributed by atoms with Crippen LogP contribution in [0.2, 0.25) is 0 Å². The Hall–Kier alpha value is -1.30. The Bertz CT molecular complexity index is 539. The number of hydrogen-bond acceptors (Lipinski definition) is 6. The molecule has 2 atom stereocenters. The van der Waals surface area contributed by atoms with E-state index in [4.69, 9.17) is 4.52 Å². The van der Waals surface area contributed by atoms with Crippen molar-refractivity contribution in [2.75, 3.05) is 6.26 Å².